The van der Waals surface area contributed by atoms with Gasteiger partial charge in [-0.05, 0) is 257 Å². The Morgan fingerprint density at radius 3 is 2.02 bits per heavy atom. The fraction of sp³-hybridized carbons (Fsp3) is 0.312. The van der Waals surface area contributed by atoms with Gasteiger partial charge in [0.05, 0.1) is 17.6 Å². The van der Waals surface area contributed by atoms with E-state index in [0.29, 0.717) is 29.6 Å². The van der Waals surface area contributed by atoms with Crippen molar-refractivity contribution in [2.24, 2.45) is 23.7 Å². The van der Waals surface area contributed by atoms with Crippen LogP contribution >= 0.6 is 0 Å². The molecule has 0 saturated carbocycles. The maximum Gasteiger partial charge on any atom is 0.115 e. The molecule has 3 nitrogen and oxygen atoms in total. The topological polar surface area (TPSA) is 17.4 Å². The van der Waals surface area contributed by atoms with Crippen LogP contribution in [0.25, 0.3) is 60.9 Å². The minimum absolute atomic E-state index is 0.0796. The molecule has 0 saturated heterocycles. The number of aromatic nitrogens is 1. The van der Waals surface area contributed by atoms with E-state index in [1.54, 1.807) is 5.57 Å². The average molecular weight is 1300 g/mol. The number of rotatable bonds is 19. The lowest BCUT2D eigenvalue weighted by atomic mass is 9.64. The van der Waals surface area contributed by atoms with Crippen molar-refractivity contribution in [1.29, 1.82) is 0 Å². The molecule has 99 heavy (non-hydrogen) atoms. The predicted molar refractivity (Wildman–Crippen MR) is 420 cm³/mol. The smallest absolute Gasteiger partial charge is 0.115 e. The van der Waals surface area contributed by atoms with Crippen LogP contribution < -0.4 is 4.90 Å². The van der Waals surface area contributed by atoms with Crippen molar-refractivity contribution in [2.75, 3.05) is 11.5 Å². The van der Waals surface area contributed by atoms with Gasteiger partial charge in [-0.2, -0.15) is 0 Å². The molecule has 3 heteroatoms. The molecular formula is C96H98N2O. The number of unbranched alkanes of at least 4 members (excludes halogenated alkanes) is 3. The zero-order valence-electron chi connectivity index (χ0n) is 59.2. The summed E-state index contributed by atoms with van der Waals surface area (Å²) in [6, 6.07) is 57.7. The van der Waals surface area contributed by atoms with Crippen molar-refractivity contribution in [3.8, 4) is 27.9 Å². The number of hydrogen-bond donors (Lipinski definition) is 0. The minimum Gasteiger partial charge on any atom is -0.494 e. The second-order valence-corrected chi connectivity index (χ2v) is 31.3. The van der Waals surface area contributed by atoms with E-state index in [9.17, 15) is 0 Å². The number of anilines is 1. The van der Waals surface area contributed by atoms with E-state index in [4.69, 9.17) is 4.74 Å². The number of allylic oxidation sites excluding steroid dienone is 21. The first kappa shape index (κ1) is 64.5. The zero-order chi connectivity index (χ0) is 67.4. The first-order valence-corrected chi connectivity index (χ1v) is 37.6. The van der Waals surface area contributed by atoms with Crippen molar-refractivity contribution in [1.82, 2.24) is 4.57 Å². The second-order valence-electron chi connectivity index (χ2n) is 31.3. The summed E-state index contributed by atoms with van der Waals surface area (Å²) in [6.45, 7) is 20.6. The van der Waals surface area contributed by atoms with Gasteiger partial charge in [-0.25, -0.2) is 0 Å². The highest BCUT2D eigenvalue weighted by atomic mass is 16.5. The summed E-state index contributed by atoms with van der Waals surface area (Å²) >= 11 is 0. The summed E-state index contributed by atoms with van der Waals surface area (Å²) in [5.41, 5.74) is 28.3. The Balaban J connectivity index is 0.756. The van der Waals surface area contributed by atoms with Crippen molar-refractivity contribution in [2.45, 2.75) is 160 Å². The van der Waals surface area contributed by atoms with Crippen LogP contribution in [0.5, 0.6) is 0 Å². The molecule has 1 heterocycles. The third-order valence-corrected chi connectivity index (χ3v) is 24.1. The second kappa shape index (κ2) is 26.8. The van der Waals surface area contributed by atoms with Gasteiger partial charge in [-0.3, -0.25) is 0 Å². The molecule has 6 unspecified atom stereocenters. The highest BCUT2D eigenvalue weighted by Gasteiger charge is 2.51. The van der Waals surface area contributed by atoms with E-state index in [2.05, 4.69) is 294 Å². The normalized spacial score (nSPS) is 22.7. The number of ether oxygens (including phenoxy) is 1. The van der Waals surface area contributed by atoms with Gasteiger partial charge in [0.2, 0.25) is 0 Å². The number of fused-ring (bicyclic) bond motifs is 9. The van der Waals surface area contributed by atoms with E-state index in [0.717, 1.165) is 76.6 Å². The first-order chi connectivity index (χ1) is 48.3. The molecule has 0 spiro atoms. The van der Waals surface area contributed by atoms with Crippen LogP contribution in [0.1, 0.15) is 188 Å². The van der Waals surface area contributed by atoms with Gasteiger partial charge < -0.3 is 14.2 Å². The molecule has 0 fully saturated rings. The zero-order valence-corrected chi connectivity index (χ0v) is 59.2. The van der Waals surface area contributed by atoms with Gasteiger partial charge in [0.25, 0.3) is 0 Å². The molecule has 8 aromatic rings. The third kappa shape index (κ3) is 12.0. The molecule has 0 aliphatic heterocycles. The summed E-state index contributed by atoms with van der Waals surface area (Å²) in [6.07, 6.45) is 55.6. The maximum atomic E-state index is 6.27. The highest BCUT2D eigenvalue weighted by molar-refractivity contribution is 6.11. The van der Waals surface area contributed by atoms with Crippen LogP contribution in [0.15, 0.2) is 279 Å². The largest absolute Gasteiger partial charge is 0.494 e. The molecule has 0 radical (unpaired) electrons. The molecule has 0 bridgehead atoms. The van der Waals surface area contributed by atoms with Gasteiger partial charge >= 0.3 is 0 Å². The maximum absolute atomic E-state index is 6.27. The van der Waals surface area contributed by atoms with Crippen LogP contribution in [0.4, 0.5) is 5.69 Å². The van der Waals surface area contributed by atoms with Gasteiger partial charge in [-0.15, -0.1) is 13.2 Å². The van der Waals surface area contributed by atoms with E-state index in [1.165, 1.54) is 161 Å². The summed E-state index contributed by atoms with van der Waals surface area (Å²) in [5, 5.41) is 2.57. The fourth-order valence-electron chi connectivity index (χ4n) is 18.5. The molecule has 6 atom stereocenters. The van der Waals surface area contributed by atoms with Gasteiger partial charge in [0.1, 0.15) is 5.76 Å². The summed E-state index contributed by atoms with van der Waals surface area (Å²) in [7, 11) is 0. The Morgan fingerprint density at radius 2 is 1.31 bits per heavy atom. The molecule has 0 N–H and O–H groups in total. The number of benzene rings is 7. The van der Waals surface area contributed by atoms with E-state index < -0.39 is 0 Å². The van der Waals surface area contributed by atoms with Crippen molar-refractivity contribution in [3.05, 3.63) is 323 Å². The van der Waals surface area contributed by atoms with Gasteiger partial charge in [0, 0.05) is 56.2 Å². The summed E-state index contributed by atoms with van der Waals surface area (Å²) < 4.78 is 8.82. The third-order valence-electron chi connectivity index (χ3n) is 24.1. The molecule has 498 valence electrons. The van der Waals surface area contributed by atoms with Crippen molar-refractivity contribution in [3.63, 3.8) is 0 Å². The van der Waals surface area contributed by atoms with Crippen LogP contribution in [0.3, 0.4) is 0 Å². The van der Waals surface area contributed by atoms with E-state index in [1.807, 2.05) is 6.08 Å². The molecule has 8 aliphatic rings. The van der Waals surface area contributed by atoms with Crippen LogP contribution in [-0.4, -0.2) is 11.2 Å². The summed E-state index contributed by atoms with van der Waals surface area (Å²) in [5.74, 6) is 3.14. The Kier molecular flexibility index (Phi) is 17.5. The first-order valence-electron chi connectivity index (χ1n) is 37.6. The minimum atomic E-state index is -0.185. The van der Waals surface area contributed by atoms with Gasteiger partial charge in [0.15, 0.2) is 0 Å². The van der Waals surface area contributed by atoms with Crippen molar-refractivity contribution >= 4 is 38.6 Å². The molecule has 0 amide bonds. The quantitative estimate of drug-likeness (QED) is 0.0593. The van der Waals surface area contributed by atoms with E-state index in [-0.39, 0.29) is 16.2 Å². The highest BCUT2D eigenvalue weighted by Crippen LogP contribution is 2.60. The Bertz CT molecular complexity index is 4810. The molecule has 1 aromatic heterocycles. The Labute approximate surface area is 590 Å². The monoisotopic (exact) mass is 1290 g/mol. The molecule has 16 rings (SSSR count). The molecule has 8 aliphatic carbocycles. The van der Waals surface area contributed by atoms with Crippen molar-refractivity contribution < 1.29 is 4.74 Å². The standard InChI is InChI=1S/C96H98N2O/c1-8-65-28-32-69(33-29-65)74-40-53-83-84-54-50-80(63-90(84)95(6,7)89(83)62-74)98-92-56-41-72(70-34-43-75(44-35-70)94(3,4)5)60-86(92)87-61-73(42-57-93(87)98)71-38-47-78(48-39-71)97(77-45-36-68(37-46-77)67-22-14-12-15-23-67)79-49-55-85-82-26-18-19-27-88(82)96(91(85)64-79,76-24-16-13-17-25-76)58-20-10-11-21-59-99-81-51-30-66(9-2)31-52-81/h8-9,13,16-19,22,24-28,30,32-35,38,40-45,47,49-57,60-66,68,82,88H,1-2,10-12,14-15,20-21,23,29,31,36-37,39,46,48,58-59H2,3-7H3. The van der Waals surface area contributed by atoms with Crippen LogP contribution in [0.2, 0.25) is 0 Å². The SMILES string of the molecule is C=CC1C=CC(OCCCCCCC2(c3ccccc3)c3cc(N(C4=CC=C(c5ccc6c(c5)c5cc(-c7ccc(C(C)(C)C)cc7)ccc5n6-c5ccc6c(c5)C(C)(C)c5cc(C7=CCC(C=C)C=C7)ccc5-6)CC4)C4=CCC(C5=CCCCC5)CC4)ccc3C3C=CC=CC32)=CC1. The molecular weight excluding hydrogens is 1200 g/mol. The lowest BCUT2D eigenvalue weighted by molar-refractivity contribution is 0.213. The Hall–Kier alpha value is -9.18. The average Bonchev–Trinajstić information content (AvgIpc) is 1.59. The number of nitrogens with zero attached hydrogens (tertiary/aromatic N) is 2. The fourth-order valence-corrected chi connectivity index (χ4v) is 18.5. The lowest BCUT2D eigenvalue weighted by Crippen LogP contribution is -2.34. The van der Waals surface area contributed by atoms with Gasteiger partial charge in [-0.1, -0.05) is 229 Å². The van der Waals surface area contributed by atoms with Crippen LogP contribution in [-0.2, 0) is 21.0 Å². The van der Waals surface area contributed by atoms with E-state index >= 15 is 0 Å². The summed E-state index contributed by atoms with van der Waals surface area (Å²) in [4.78, 5) is 2.74. The molecule has 7 aromatic carbocycles. The lowest BCUT2D eigenvalue weighted by Gasteiger charge is -2.39. The number of hydrogen-bond acceptors (Lipinski definition) is 2. The predicted octanol–water partition coefficient (Wildman–Crippen LogP) is 25.7. The van der Waals surface area contributed by atoms with Crippen LogP contribution in [0, 0.1) is 23.7 Å². The Morgan fingerprint density at radius 1 is 0.586 bits per heavy atom.